The van der Waals surface area contributed by atoms with Gasteiger partial charge >= 0.3 is 6.03 Å². The molecule has 0 unspecified atom stereocenters. The van der Waals surface area contributed by atoms with Crippen LogP contribution in [0.4, 0.5) is 10.5 Å². The van der Waals surface area contributed by atoms with Crippen LogP contribution in [-0.4, -0.2) is 46.7 Å². The van der Waals surface area contributed by atoms with Gasteiger partial charge in [0.1, 0.15) is 5.82 Å². The Morgan fingerprint density at radius 2 is 1.87 bits per heavy atom. The highest BCUT2D eigenvalue weighted by Crippen LogP contribution is 2.37. The Kier molecular flexibility index (Phi) is 4.16. The van der Waals surface area contributed by atoms with E-state index < -0.39 is 0 Å². The highest BCUT2D eigenvalue weighted by molar-refractivity contribution is 5.89. The Morgan fingerprint density at radius 3 is 2.48 bits per heavy atom. The Bertz CT molecular complexity index is 544. The molecule has 1 N–H and O–H groups in total. The van der Waals surface area contributed by atoms with E-state index in [9.17, 15) is 4.79 Å². The molecule has 0 radical (unpaired) electrons. The molecule has 3 aliphatic rings. The normalized spacial score (nSPS) is 25.6. The summed E-state index contributed by atoms with van der Waals surface area (Å²) in [5.74, 6) is 2.06. The molecule has 23 heavy (non-hydrogen) atoms. The van der Waals surface area contributed by atoms with Gasteiger partial charge in [0.25, 0.3) is 0 Å². The van der Waals surface area contributed by atoms with E-state index >= 15 is 0 Å². The number of anilines is 1. The lowest BCUT2D eigenvalue weighted by Crippen LogP contribution is -2.43. The second kappa shape index (κ2) is 6.43. The van der Waals surface area contributed by atoms with Crippen molar-refractivity contribution in [3.05, 3.63) is 18.2 Å². The van der Waals surface area contributed by atoms with Crippen LogP contribution in [0.2, 0.25) is 0 Å². The predicted molar refractivity (Wildman–Crippen MR) is 86.3 cm³/mol. The molecule has 2 aliphatic heterocycles. The summed E-state index contributed by atoms with van der Waals surface area (Å²) in [5.41, 5.74) is 0.681. The third-order valence-corrected chi connectivity index (χ3v) is 5.18. The molecule has 2 amide bonds. The summed E-state index contributed by atoms with van der Waals surface area (Å²) in [7, 11) is 0. The van der Waals surface area contributed by atoms with Crippen molar-refractivity contribution in [1.29, 1.82) is 0 Å². The minimum atomic E-state index is -0.0430. The zero-order valence-electron chi connectivity index (χ0n) is 13.4. The Morgan fingerprint density at radius 1 is 1.13 bits per heavy atom. The van der Waals surface area contributed by atoms with Crippen molar-refractivity contribution in [2.75, 3.05) is 25.0 Å². The van der Waals surface area contributed by atoms with Crippen molar-refractivity contribution < 1.29 is 9.53 Å². The maximum absolute atomic E-state index is 12.4. The fourth-order valence-electron chi connectivity index (χ4n) is 3.61. The molecule has 1 atom stereocenters. The molecule has 0 spiro atoms. The van der Waals surface area contributed by atoms with Gasteiger partial charge in [-0.2, -0.15) is 0 Å². The summed E-state index contributed by atoms with van der Waals surface area (Å²) in [6, 6.07) is -0.0430. The molecular weight excluding hydrogens is 292 g/mol. The summed E-state index contributed by atoms with van der Waals surface area (Å²) < 4.78 is 5.78. The number of hydrogen-bond donors (Lipinski definition) is 1. The second-order valence-electron chi connectivity index (χ2n) is 6.91. The molecule has 1 aromatic heterocycles. The Labute approximate surface area is 136 Å². The van der Waals surface area contributed by atoms with E-state index in [2.05, 4.69) is 15.3 Å². The quantitative estimate of drug-likeness (QED) is 0.931. The first kappa shape index (κ1) is 14.9. The number of carbonyl (C=O) groups is 1. The fraction of sp³-hybridized carbons (Fsp3) is 0.706. The van der Waals surface area contributed by atoms with Crippen molar-refractivity contribution >= 4 is 11.7 Å². The van der Waals surface area contributed by atoms with Crippen molar-refractivity contribution in [1.82, 2.24) is 14.9 Å². The van der Waals surface area contributed by atoms with Crippen molar-refractivity contribution in [3.63, 3.8) is 0 Å². The third kappa shape index (κ3) is 3.47. The molecular formula is C17H24N4O2. The number of ether oxygens (including phenoxy) is 1. The van der Waals surface area contributed by atoms with Gasteiger partial charge in [-0.1, -0.05) is 0 Å². The van der Waals surface area contributed by atoms with E-state index in [1.54, 1.807) is 12.4 Å². The number of aromatic nitrogens is 2. The number of amides is 2. The van der Waals surface area contributed by atoms with Crippen LogP contribution in [0.25, 0.3) is 0 Å². The molecule has 6 heteroatoms. The van der Waals surface area contributed by atoms with Gasteiger partial charge in [-0.3, -0.25) is 0 Å². The number of rotatable bonds is 3. The van der Waals surface area contributed by atoms with Crippen LogP contribution in [0.3, 0.4) is 0 Å². The minimum absolute atomic E-state index is 0.0430. The monoisotopic (exact) mass is 316 g/mol. The molecule has 0 bridgehead atoms. The molecule has 3 fully saturated rings. The van der Waals surface area contributed by atoms with Gasteiger partial charge in [0.2, 0.25) is 0 Å². The molecule has 4 rings (SSSR count). The van der Waals surface area contributed by atoms with Crippen molar-refractivity contribution in [2.45, 2.75) is 50.5 Å². The summed E-state index contributed by atoms with van der Waals surface area (Å²) in [5, 5.41) is 2.91. The van der Waals surface area contributed by atoms with Gasteiger partial charge in [0, 0.05) is 25.6 Å². The zero-order chi connectivity index (χ0) is 15.6. The van der Waals surface area contributed by atoms with Gasteiger partial charge in [-0.05, 0) is 44.4 Å². The van der Waals surface area contributed by atoms with E-state index in [-0.39, 0.29) is 6.03 Å². The number of nitrogens with zero attached hydrogens (tertiary/aromatic N) is 3. The van der Waals surface area contributed by atoms with Crippen LogP contribution in [0.15, 0.2) is 12.4 Å². The molecule has 1 aliphatic carbocycles. The zero-order valence-corrected chi connectivity index (χ0v) is 13.4. The lowest BCUT2D eigenvalue weighted by Gasteiger charge is -2.34. The lowest BCUT2D eigenvalue weighted by atomic mass is 9.90. The molecule has 3 heterocycles. The Hall–Kier alpha value is -1.69. The first-order valence-electron chi connectivity index (χ1n) is 8.79. The van der Waals surface area contributed by atoms with Gasteiger partial charge in [-0.25, -0.2) is 14.8 Å². The van der Waals surface area contributed by atoms with E-state index in [1.165, 1.54) is 25.7 Å². The van der Waals surface area contributed by atoms with Gasteiger partial charge in [-0.15, -0.1) is 0 Å². The van der Waals surface area contributed by atoms with Crippen LogP contribution in [0.5, 0.6) is 0 Å². The van der Waals surface area contributed by atoms with Crippen LogP contribution >= 0.6 is 0 Å². The van der Waals surface area contributed by atoms with Gasteiger partial charge in [0.05, 0.1) is 24.2 Å². The topological polar surface area (TPSA) is 67.4 Å². The predicted octanol–water partition coefficient (Wildman–Crippen LogP) is 2.78. The number of carbonyl (C=O) groups excluding carboxylic acids is 1. The fourth-order valence-corrected chi connectivity index (χ4v) is 3.61. The van der Waals surface area contributed by atoms with E-state index in [0.717, 1.165) is 38.4 Å². The van der Waals surface area contributed by atoms with Gasteiger partial charge in [0.15, 0.2) is 0 Å². The minimum Gasteiger partial charge on any atom is -0.378 e. The summed E-state index contributed by atoms with van der Waals surface area (Å²) in [6.45, 7) is 2.51. The molecule has 6 nitrogen and oxygen atoms in total. The molecule has 2 saturated heterocycles. The van der Waals surface area contributed by atoms with Crippen LogP contribution in [0, 0.1) is 5.92 Å². The largest absolute Gasteiger partial charge is 0.378 e. The number of hydrogen-bond acceptors (Lipinski definition) is 4. The standard InChI is InChI=1S/C17H24N4O2/c22-17(20-14-10-18-16(19-11-14)13-3-4-13)21-7-5-12(6-8-21)15-2-1-9-23-15/h10-13,15H,1-9H2,(H,20,22)/t15-/m1/s1. The first-order chi connectivity index (χ1) is 11.3. The molecule has 1 aromatic rings. The first-order valence-corrected chi connectivity index (χ1v) is 8.79. The maximum atomic E-state index is 12.4. The van der Waals surface area contributed by atoms with E-state index in [4.69, 9.17) is 4.74 Å². The number of likely N-dealkylation sites (tertiary alicyclic amines) is 1. The lowest BCUT2D eigenvalue weighted by molar-refractivity contribution is 0.0382. The van der Waals surface area contributed by atoms with Crippen LogP contribution < -0.4 is 5.32 Å². The highest BCUT2D eigenvalue weighted by Gasteiger charge is 2.31. The number of urea groups is 1. The van der Waals surface area contributed by atoms with Crippen LogP contribution in [-0.2, 0) is 4.74 Å². The third-order valence-electron chi connectivity index (χ3n) is 5.18. The summed E-state index contributed by atoms with van der Waals surface area (Å²) in [6.07, 6.45) is 10.7. The van der Waals surface area contributed by atoms with E-state index in [1.807, 2.05) is 4.90 Å². The van der Waals surface area contributed by atoms with E-state index in [0.29, 0.717) is 23.6 Å². The molecule has 0 aromatic carbocycles. The van der Waals surface area contributed by atoms with Crippen molar-refractivity contribution in [3.8, 4) is 0 Å². The Balaban J connectivity index is 1.27. The SMILES string of the molecule is O=C(Nc1cnc(C2CC2)nc1)N1CCC([C@H]2CCCO2)CC1. The molecule has 124 valence electrons. The smallest absolute Gasteiger partial charge is 0.321 e. The second-order valence-corrected chi connectivity index (χ2v) is 6.91. The number of piperidine rings is 1. The molecule has 1 saturated carbocycles. The van der Waals surface area contributed by atoms with Gasteiger partial charge < -0.3 is 15.0 Å². The average molecular weight is 316 g/mol. The maximum Gasteiger partial charge on any atom is 0.321 e. The van der Waals surface area contributed by atoms with Crippen molar-refractivity contribution in [2.24, 2.45) is 5.92 Å². The highest BCUT2D eigenvalue weighted by atomic mass is 16.5. The summed E-state index contributed by atoms with van der Waals surface area (Å²) >= 11 is 0. The number of nitrogens with one attached hydrogen (secondary N) is 1. The average Bonchev–Trinajstić information content (AvgIpc) is 3.30. The van der Waals surface area contributed by atoms with Crippen LogP contribution in [0.1, 0.15) is 50.3 Å². The summed E-state index contributed by atoms with van der Waals surface area (Å²) in [4.78, 5) is 22.9.